The van der Waals surface area contributed by atoms with Gasteiger partial charge in [-0.05, 0) is 12.8 Å². The Kier molecular flexibility index (Phi) is 4.82. The van der Waals surface area contributed by atoms with E-state index in [0.29, 0.717) is 24.1 Å². The van der Waals surface area contributed by atoms with Crippen LogP contribution in [-0.2, 0) is 19.9 Å². The van der Waals surface area contributed by atoms with Crippen molar-refractivity contribution in [1.82, 2.24) is 9.62 Å². The molecule has 0 bridgehead atoms. The van der Waals surface area contributed by atoms with E-state index in [1.807, 2.05) is 0 Å². The molecule has 0 aromatic carbocycles. The van der Waals surface area contributed by atoms with E-state index in [4.69, 9.17) is 0 Å². The van der Waals surface area contributed by atoms with Crippen molar-refractivity contribution in [2.45, 2.75) is 24.3 Å². The summed E-state index contributed by atoms with van der Waals surface area (Å²) in [4.78, 5) is 0. The van der Waals surface area contributed by atoms with Crippen molar-refractivity contribution in [3.8, 4) is 0 Å². The van der Waals surface area contributed by atoms with Crippen molar-refractivity contribution in [2.24, 2.45) is 0 Å². The Morgan fingerprint density at radius 2 is 1.95 bits per heavy atom. The molecule has 6 nitrogen and oxygen atoms in total. The van der Waals surface area contributed by atoms with Crippen LogP contribution in [0.25, 0.3) is 0 Å². The minimum Gasteiger partial charge on any atom is -0.313 e. The summed E-state index contributed by atoms with van der Waals surface area (Å²) in [5.74, 6) is 0.954. The van der Waals surface area contributed by atoms with Gasteiger partial charge in [-0.3, -0.25) is 0 Å². The summed E-state index contributed by atoms with van der Waals surface area (Å²) >= 11 is 1.49. The molecule has 0 amide bonds. The van der Waals surface area contributed by atoms with Crippen molar-refractivity contribution >= 4 is 31.6 Å². The van der Waals surface area contributed by atoms with Gasteiger partial charge in [0.05, 0.1) is 5.75 Å². The zero-order valence-electron chi connectivity index (χ0n) is 10.9. The molecule has 1 N–H and O–H groups in total. The number of hydrogen-bond acceptors (Lipinski definition) is 6. The van der Waals surface area contributed by atoms with Gasteiger partial charge < -0.3 is 5.32 Å². The first-order valence-corrected chi connectivity index (χ1v) is 11.0. The van der Waals surface area contributed by atoms with E-state index >= 15 is 0 Å². The SMILES string of the molecule is CS(=O)(=O)C1CSCCN1S(=O)(=O)CCNC1CC1. The maximum atomic E-state index is 12.3. The molecule has 1 unspecified atom stereocenters. The van der Waals surface area contributed by atoms with Crippen LogP contribution in [0.3, 0.4) is 0 Å². The van der Waals surface area contributed by atoms with Gasteiger partial charge >= 0.3 is 0 Å². The predicted molar refractivity (Wildman–Crippen MR) is 77.5 cm³/mol. The molecule has 1 saturated carbocycles. The van der Waals surface area contributed by atoms with Crippen molar-refractivity contribution < 1.29 is 16.8 Å². The summed E-state index contributed by atoms with van der Waals surface area (Å²) in [5, 5.41) is 2.24. The summed E-state index contributed by atoms with van der Waals surface area (Å²) < 4.78 is 49.1. The molecule has 2 fully saturated rings. The van der Waals surface area contributed by atoms with Gasteiger partial charge in [0.25, 0.3) is 0 Å². The molecule has 1 aliphatic carbocycles. The molecular formula is C10H20N2O4S3. The van der Waals surface area contributed by atoms with Crippen LogP contribution >= 0.6 is 11.8 Å². The fourth-order valence-electron chi connectivity index (χ4n) is 2.02. The first-order valence-electron chi connectivity index (χ1n) is 6.30. The van der Waals surface area contributed by atoms with E-state index in [1.165, 1.54) is 16.1 Å². The molecular weight excluding hydrogens is 308 g/mol. The van der Waals surface area contributed by atoms with E-state index in [2.05, 4.69) is 5.32 Å². The number of nitrogens with one attached hydrogen (secondary N) is 1. The number of thioether (sulfide) groups is 1. The summed E-state index contributed by atoms with van der Waals surface area (Å²) in [6.45, 7) is 0.682. The van der Waals surface area contributed by atoms with Gasteiger partial charge in [-0.1, -0.05) is 0 Å². The van der Waals surface area contributed by atoms with E-state index < -0.39 is 25.2 Å². The molecule has 0 radical (unpaired) electrons. The zero-order valence-corrected chi connectivity index (χ0v) is 13.4. The first kappa shape index (κ1) is 15.6. The second-order valence-corrected chi connectivity index (χ2v) is 10.4. The third-order valence-electron chi connectivity index (χ3n) is 3.26. The third kappa shape index (κ3) is 4.32. The molecule has 1 heterocycles. The molecule has 1 aliphatic heterocycles. The summed E-state index contributed by atoms with van der Waals surface area (Å²) in [5.41, 5.74) is 0. The topological polar surface area (TPSA) is 83.6 Å². The second kappa shape index (κ2) is 5.88. The molecule has 19 heavy (non-hydrogen) atoms. The van der Waals surface area contributed by atoms with Gasteiger partial charge in [-0.25, -0.2) is 16.8 Å². The fraction of sp³-hybridized carbons (Fsp3) is 1.00. The highest BCUT2D eigenvalue weighted by Gasteiger charge is 2.38. The minimum absolute atomic E-state index is 0.0276. The van der Waals surface area contributed by atoms with Crippen LogP contribution in [0.1, 0.15) is 12.8 Å². The molecule has 2 rings (SSSR count). The lowest BCUT2D eigenvalue weighted by atomic mass is 10.6. The van der Waals surface area contributed by atoms with E-state index in [0.717, 1.165) is 19.1 Å². The maximum Gasteiger partial charge on any atom is 0.216 e. The highest BCUT2D eigenvalue weighted by atomic mass is 32.2. The van der Waals surface area contributed by atoms with Crippen LogP contribution in [0.4, 0.5) is 0 Å². The number of sulfonamides is 1. The standard InChI is InChI=1S/C10H20N2O4S3/c1-18(13,14)10-8-17-6-5-12(10)19(15,16)7-4-11-9-2-3-9/h9-11H,2-8H2,1H3. The Morgan fingerprint density at radius 3 is 2.53 bits per heavy atom. The number of sulfone groups is 1. The Bertz CT molecular complexity index is 513. The molecule has 1 saturated heterocycles. The highest BCUT2D eigenvalue weighted by Crippen LogP contribution is 2.23. The lowest BCUT2D eigenvalue weighted by molar-refractivity contribution is 0.404. The summed E-state index contributed by atoms with van der Waals surface area (Å²) in [6.07, 6.45) is 3.31. The zero-order chi connectivity index (χ0) is 14.1. The smallest absolute Gasteiger partial charge is 0.216 e. The van der Waals surface area contributed by atoms with Crippen LogP contribution in [0.15, 0.2) is 0 Å². The van der Waals surface area contributed by atoms with Gasteiger partial charge in [-0.15, -0.1) is 0 Å². The minimum atomic E-state index is -3.51. The van der Waals surface area contributed by atoms with Crippen molar-refractivity contribution in [2.75, 3.05) is 36.6 Å². The number of hydrogen-bond donors (Lipinski definition) is 1. The molecule has 0 spiro atoms. The second-order valence-electron chi connectivity index (χ2n) is 5.01. The number of nitrogens with zero attached hydrogens (tertiary/aromatic N) is 1. The van der Waals surface area contributed by atoms with E-state index in [1.54, 1.807) is 0 Å². The van der Waals surface area contributed by atoms with Gasteiger partial charge in [0.15, 0.2) is 9.84 Å². The average Bonchev–Trinajstić information content (AvgIpc) is 3.12. The molecule has 2 aliphatic rings. The van der Waals surface area contributed by atoms with Crippen molar-refractivity contribution in [3.05, 3.63) is 0 Å². The van der Waals surface area contributed by atoms with Gasteiger partial charge in [-0.2, -0.15) is 16.1 Å². The van der Waals surface area contributed by atoms with Crippen LogP contribution in [0, 0.1) is 0 Å². The maximum absolute atomic E-state index is 12.3. The molecule has 0 aromatic heterocycles. The summed E-state index contributed by atoms with van der Waals surface area (Å²) in [6, 6.07) is 0.456. The largest absolute Gasteiger partial charge is 0.313 e. The Labute approximate surface area is 119 Å². The molecule has 1 atom stereocenters. The van der Waals surface area contributed by atoms with Crippen molar-refractivity contribution in [3.63, 3.8) is 0 Å². The van der Waals surface area contributed by atoms with Gasteiger partial charge in [0.1, 0.15) is 5.37 Å². The highest BCUT2D eigenvalue weighted by molar-refractivity contribution is 8.01. The third-order valence-corrected chi connectivity index (χ3v) is 7.91. The predicted octanol–water partition coefficient (Wildman–Crippen LogP) is -0.512. The Balaban J connectivity index is 2.02. The first-order chi connectivity index (χ1) is 8.81. The van der Waals surface area contributed by atoms with Crippen molar-refractivity contribution in [1.29, 1.82) is 0 Å². The van der Waals surface area contributed by atoms with Crippen LogP contribution in [-0.4, -0.2) is 69.2 Å². The van der Waals surface area contributed by atoms with Crippen LogP contribution in [0.5, 0.6) is 0 Å². The Hall–Kier alpha value is 0.170. The normalized spacial score (nSPS) is 26.5. The molecule has 0 aromatic rings. The van der Waals surface area contributed by atoms with Crippen LogP contribution < -0.4 is 5.32 Å². The monoisotopic (exact) mass is 328 g/mol. The van der Waals surface area contributed by atoms with Gasteiger partial charge in [0.2, 0.25) is 10.0 Å². The van der Waals surface area contributed by atoms with Gasteiger partial charge in [0, 0.05) is 36.9 Å². The van der Waals surface area contributed by atoms with E-state index in [9.17, 15) is 16.8 Å². The summed E-state index contributed by atoms with van der Waals surface area (Å²) in [7, 11) is -6.89. The fourth-order valence-corrected chi connectivity index (χ4v) is 7.19. The molecule has 9 heteroatoms. The molecule has 112 valence electrons. The van der Waals surface area contributed by atoms with Crippen LogP contribution in [0.2, 0.25) is 0 Å². The Morgan fingerprint density at radius 1 is 1.26 bits per heavy atom. The lowest BCUT2D eigenvalue weighted by Gasteiger charge is -2.33. The quantitative estimate of drug-likeness (QED) is 0.707. The lowest BCUT2D eigenvalue weighted by Crippen LogP contribution is -2.51. The van der Waals surface area contributed by atoms with E-state index in [-0.39, 0.29) is 12.3 Å². The average molecular weight is 328 g/mol. The number of rotatable bonds is 6.